The Morgan fingerprint density at radius 1 is 1.22 bits per heavy atom. The molecular weight excluding hydrogens is 298 g/mol. The molecule has 3 N–H and O–H groups in total. The van der Waals surface area contributed by atoms with Crippen molar-refractivity contribution in [2.24, 2.45) is 0 Å². The van der Waals surface area contributed by atoms with Gasteiger partial charge in [-0.2, -0.15) is 0 Å². The van der Waals surface area contributed by atoms with Crippen LogP contribution < -0.4 is 20.9 Å². The second kappa shape index (κ2) is 5.88. The maximum atomic E-state index is 12.4. The number of nitrogen functional groups attached to an aromatic ring is 1. The molecule has 0 saturated carbocycles. The van der Waals surface area contributed by atoms with Gasteiger partial charge < -0.3 is 20.2 Å². The fraction of sp³-hybridized carbons (Fsp3) is 0.125. The van der Waals surface area contributed by atoms with Crippen LogP contribution in [0.4, 0.5) is 5.69 Å². The van der Waals surface area contributed by atoms with Crippen LogP contribution in [0.25, 0.3) is 11.0 Å². The summed E-state index contributed by atoms with van der Waals surface area (Å²) in [6.07, 6.45) is 0. The number of nitrogens with one attached hydrogen (secondary N) is 1. The predicted octanol–water partition coefficient (Wildman–Crippen LogP) is 1.64. The molecule has 0 saturated heterocycles. The fourth-order valence-electron chi connectivity index (χ4n) is 2.31. The third-order valence-corrected chi connectivity index (χ3v) is 3.38. The molecule has 0 spiro atoms. The van der Waals surface area contributed by atoms with Crippen LogP contribution in [0.3, 0.4) is 0 Å². The molecule has 2 aromatic carbocycles. The van der Waals surface area contributed by atoms with E-state index in [4.69, 9.17) is 15.2 Å². The second-order valence-corrected chi connectivity index (χ2v) is 4.88. The average Bonchev–Trinajstić information content (AvgIpc) is 2.88. The van der Waals surface area contributed by atoms with E-state index < -0.39 is 11.6 Å². The van der Waals surface area contributed by atoms with Gasteiger partial charge in [-0.1, -0.05) is 12.1 Å². The fourth-order valence-corrected chi connectivity index (χ4v) is 2.31. The minimum atomic E-state index is -0.528. The summed E-state index contributed by atoms with van der Waals surface area (Å²) in [7, 11) is 1.51. The number of fused-ring (bicyclic) bond motifs is 1. The SMILES string of the molecule is COc1ccccc1OCC(=O)n1c(=O)[nH]c2ccc(N)cc21. The Hall–Kier alpha value is -3.22. The monoisotopic (exact) mass is 313 g/mol. The summed E-state index contributed by atoms with van der Waals surface area (Å²) in [6.45, 7) is -0.304. The highest BCUT2D eigenvalue weighted by Gasteiger charge is 2.15. The third kappa shape index (κ3) is 2.76. The molecule has 0 amide bonds. The van der Waals surface area contributed by atoms with E-state index in [0.29, 0.717) is 28.2 Å². The Balaban J connectivity index is 1.88. The number of nitrogens with zero attached hydrogens (tertiary/aromatic N) is 1. The van der Waals surface area contributed by atoms with E-state index in [0.717, 1.165) is 4.57 Å². The molecule has 0 radical (unpaired) electrons. The first-order valence-electron chi connectivity index (χ1n) is 6.89. The van der Waals surface area contributed by atoms with Crippen LogP contribution in [0.2, 0.25) is 0 Å². The first kappa shape index (κ1) is 14.7. The Kier molecular flexibility index (Phi) is 3.76. The first-order valence-corrected chi connectivity index (χ1v) is 6.89. The summed E-state index contributed by atoms with van der Waals surface area (Å²) >= 11 is 0. The Morgan fingerprint density at radius 3 is 2.70 bits per heavy atom. The van der Waals surface area contributed by atoms with E-state index in [1.54, 1.807) is 42.5 Å². The maximum absolute atomic E-state index is 12.4. The number of hydrogen-bond acceptors (Lipinski definition) is 5. The van der Waals surface area contributed by atoms with Gasteiger partial charge in [-0.15, -0.1) is 0 Å². The Morgan fingerprint density at radius 2 is 1.96 bits per heavy atom. The molecule has 0 aliphatic rings. The molecule has 23 heavy (non-hydrogen) atoms. The van der Waals surface area contributed by atoms with Gasteiger partial charge in [0.2, 0.25) is 0 Å². The molecule has 0 aliphatic heterocycles. The van der Waals surface area contributed by atoms with E-state index in [9.17, 15) is 9.59 Å². The van der Waals surface area contributed by atoms with Crippen LogP contribution in [0.1, 0.15) is 4.79 Å². The number of imidazole rings is 1. The van der Waals surface area contributed by atoms with Crippen molar-refractivity contribution in [3.63, 3.8) is 0 Å². The van der Waals surface area contributed by atoms with Gasteiger partial charge in [0.25, 0.3) is 5.91 Å². The number of aromatic nitrogens is 2. The zero-order chi connectivity index (χ0) is 16.4. The van der Waals surface area contributed by atoms with Crippen molar-refractivity contribution in [2.45, 2.75) is 0 Å². The molecule has 0 unspecified atom stereocenters. The standard InChI is InChI=1S/C16H15N3O4/c1-22-13-4-2-3-5-14(13)23-9-15(20)19-12-8-10(17)6-7-11(12)18-16(19)21/h2-8H,9,17H2,1H3,(H,18,21). The lowest BCUT2D eigenvalue weighted by Gasteiger charge is -2.09. The van der Waals surface area contributed by atoms with Crippen molar-refractivity contribution >= 4 is 22.6 Å². The number of benzene rings is 2. The summed E-state index contributed by atoms with van der Waals surface area (Å²) in [4.78, 5) is 27.0. The van der Waals surface area contributed by atoms with E-state index in [1.165, 1.54) is 7.11 Å². The molecule has 0 bridgehead atoms. The summed E-state index contributed by atoms with van der Waals surface area (Å²) in [6, 6.07) is 11.8. The number of aromatic amines is 1. The van der Waals surface area contributed by atoms with E-state index in [-0.39, 0.29) is 6.61 Å². The Labute approximate surface area is 131 Å². The molecular formula is C16H15N3O4. The lowest BCUT2D eigenvalue weighted by molar-refractivity contribution is 0.0837. The van der Waals surface area contributed by atoms with Gasteiger partial charge in [0, 0.05) is 5.69 Å². The van der Waals surface area contributed by atoms with Crippen molar-refractivity contribution in [1.82, 2.24) is 9.55 Å². The highest BCUT2D eigenvalue weighted by atomic mass is 16.5. The minimum Gasteiger partial charge on any atom is -0.493 e. The van der Waals surface area contributed by atoms with Crippen LogP contribution in [-0.2, 0) is 0 Å². The molecule has 1 aromatic heterocycles. The molecule has 7 heteroatoms. The van der Waals surface area contributed by atoms with E-state index in [1.807, 2.05) is 0 Å². The number of hydrogen-bond donors (Lipinski definition) is 2. The van der Waals surface area contributed by atoms with Gasteiger partial charge in [0.05, 0.1) is 18.1 Å². The van der Waals surface area contributed by atoms with Crippen molar-refractivity contribution in [1.29, 1.82) is 0 Å². The summed E-state index contributed by atoms with van der Waals surface area (Å²) in [5.74, 6) is 0.435. The number of nitrogens with two attached hydrogens (primary N) is 1. The lowest BCUT2D eigenvalue weighted by Crippen LogP contribution is -2.28. The molecule has 118 valence electrons. The zero-order valence-corrected chi connectivity index (χ0v) is 12.4. The molecule has 0 aliphatic carbocycles. The normalized spacial score (nSPS) is 10.7. The van der Waals surface area contributed by atoms with E-state index >= 15 is 0 Å². The number of para-hydroxylation sites is 2. The number of anilines is 1. The number of H-pyrrole nitrogens is 1. The maximum Gasteiger partial charge on any atom is 0.333 e. The van der Waals surface area contributed by atoms with Gasteiger partial charge in [-0.05, 0) is 30.3 Å². The summed E-state index contributed by atoms with van der Waals surface area (Å²) in [5, 5.41) is 0. The van der Waals surface area contributed by atoms with Gasteiger partial charge in [0.1, 0.15) is 0 Å². The van der Waals surface area contributed by atoms with Gasteiger partial charge in [0.15, 0.2) is 18.1 Å². The van der Waals surface area contributed by atoms with Gasteiger partial charge in [-0.25, -0.2) is 9.36 Å². The smallest absolute Gasteiger partial charge is 0.333 e. The molecule has 3 aromatic rings. The average molecular weight is 313 g/mol. The topological polar surface area (TPSA) is 99.3 Å². The van der Waals surface area contributed by atoms with Gasteiger partial charge in [-0.3, -0.25) is 4.79 Å². The quantitative estimate of drug-likeness (QED) is 0.713. The third-order valence-electron chi connectivity index (χ3n) is 3.38. The molecule has 1 heterocycles. The number of methoxy groups -OCH3 is 1. The number of carbonyl (C=O) groups is 1. The highest BCUT2D eigenvalue weighted by Crippen LogP contribution is 2.25. The summed E-state index contributed by atoms with van der Waals surface area (Å²) < 4.78 is 11.6. The molecule has 0 atom stereocenters. The Bertz CT molecular complexity index is 926. The molecule has 3 rings (SSSR count). The highest BCUT2D eigenvalue weighted by molar-refractivity contribution is 5.92. The lowest BCUT2D eigenvalue weighted by atomic mass is 10.3. The number of ether oxygens (including phenoxy) is 2. The van der Waals surface area contributed by atoms with Gasteiger partial charge >= 0.3 is 5.69 Å². The van der Waals surface area contributed by atoms with Crippen LogP contribution >= 0.6 is 0 Å². The molecule has 7 nitrogen and oxygen atoms in total. The molecule has 0 fully saturated rings. The van der Waals surface area contributed by atoms with Crippen molar-refractivity contribution in [2.75, 3.05) is 19.5 Å². The van der Waals surface area contributed by atoms with Crippen molar-refractivity contribution in [3.8, 4) is 11.5 Å². The summed E-state index contributed by atoms with van der Waals surface area (Å²) in [5.41, 5.74) is 6.61. The second-order valence-electron chi connectivity index (χ2n) is 4.88. The number of rotatable bonds is 4. The van der Waals surface area contributed by atoms with Crippen LogP contribution in [0, 0.1) is 0 Å². The van der Waals surface area contributed by atoms with Crippen LogP contribution in [0.15, 0.2) is 47.3 Å². The first-order chi connectivity index (χ1) is 11.1. The largest absolute Gasteiger partial charge is 0.493 e. The predicted molar refractivity (Wildman–Crippen MR) is 86.1 cm³/mol. The van der Waals surface area contributed by atoms with Crippen molar-refractivity contribution in [3.05, 3.63) is 52.9 Å². The van der Waals surface area contributed by atoms with Crippen molar-refractivity contribution < 1.29 is 14.3 Å². The zero-order valence-electron chi connectivity index (χ0n) is 12.4. The minimum absolute atomic E-state index is 0.304. The number of carbonyl (C=O) groups excluding carboxylic acids is 1. The van der Waals surface area contributed by atoms with Crippen LogP contribution in [-0.4, -0.2) is 29.2 Å². The van der Waals surface area contributed by atoms with Crippen LogP contribution in [0.5, 0.6) is 11.5 Å². The van der Waals surface area contributed by atoms with E-state index in [2.05, 4.69) is 4.98 Å².